The van der Waals surface area contributed by atoms with Gasteiger partial charge >= 0.3 is 0 Å². The molecule has 7 nitrogen and oxygen atoms in total. The van der Waals surface area contributed by atoms with Crippen molar-refractivity contribution in [2.45, 2.75) is 6.92 Å². The van der Waals surface area contributed by atoms with Gasteiger partial charge in [-0.05, 0) is 25.2 Å². The fraction of sp³-hybridized carbons (Fsp3) is 0.353. The highest BCUT2D eigenvalue weighted by Gasteiger charge is 2.23. The van der Waals surface area contributed by atoms with Gasteiger partial charge in [-0.3, -0.25) is 14.5 Å². The summed E-state index contributed by atoms with van der Waals surface area (Å²) in [5.41, 5.74) is 6.69. The quantitative estimate of drug-likeness (QED) is 0.503. The molecule has 1 aliphatic heterocycles. The third kappa shape index (κ3) is 4.12. The summed E-state index contributed by atoms with van der Waals surface area (Å²) in [5, 5.41) is 9.37. The van der Waals surface area contributed by atoms with Gasteiger partial charge in [0.2, 0.25) is 5.91 Å². The number of hydrogen-bond donors (Lipinski definition) is 1. The molecule has 0 bridgehead atoms. The Bertz CT molecular complexity index is 699. The van der Waals surface area contributed by atoms with Gasteiger partial charge in [0.25, 0.3) is 5.91 Å². The molecule has 126 valence electrons. The number of hydrogen-bond acceptors (Lipinski definition) is 5. The summed E-state index contributed by atoms with van der Waals surface area (Å²) in [7, 11) is 1.99. The average Bonchev–Trinajstić information content (AvgIpc) is 2.55. The first kappa shape index (κ1) is 17.5. The predicted octanol–water partition coefficient (Wildman–Crippen LogP) is 0.803. The number of anilines is 2. The highest BCUT2D eigenvalue weighted by molar-refractivity contribution is 6.01. The lowest BCUT2D eigenvalue weighted by Crippen LogP contribution is -2.47. The van der Waals surface area contributed by atoms with Crippen molar-refractivity contribution in [2.24, 2.45) is 0 Å². The molecular weight excluding hydrogens is 306 g/mol. The molecule has 0 aliphatic carbocycles. The Labute approximate surface area is 141 Å². The van der Waals surface area contributed by atoms with Gasteiger partial charge in [-0.1, -0.05) is 6.07 Å². The van der Waals surface area contributed by atoms with Gasteiger partial charge < -0.3 is 15.5 Å². The van der Waals surface area contributed by atoms with Gasteiger partial charge in [0.15, 0.2) is 0 Å². The zero-order valence-corrected chi connectivity index (χ0v) is 13.9. The fourth-order valence-corrected chi connectivity index (χ4v) is 2.46. The number of carbonyl (C=O) groups is 2. The van der Waals surface area contributed by atoms with E-state index in [4.69, 9.17) is 5.73 Å². The second kappa shape index (κ2) is 7.62. The lowest BCUT2D eigenvalue weighted by molar-refractivity contribution is -0.128. The molecule has 1 aromatic carbocycles. The van der Waals surface area contributed by atoms with E-state index in [0.717, 1.165) is 13.1 Å². The molecule has 7 heteroatoms. The number of amides is 2. The summed E-state index contributed by atoms with van der Waals surface area (Å²) in [6.07, 6.45) is 1.29. The molecule has 0 unspecified atom stereocenters. The lowest BCUT2D eigenvalue weighted by Gasteiger charge is -2.32. The van der Waals surface area contributed by atoms with E-state index in [1.165, 1.54) is 18.0 Å². The Kier molecular flexibility index (Phi) is 5.55. The van der Waals surface area contributed by atoms with Gasteiger partial charge in [0.1, 0.15) is 11.6 Å². The summed E-state index contributed by atoms with van der Waals surface area (Å²) < 4.78 is 0. The number of piperazine rings is 1. The normalized spacial score (nSPS) is 15.7. The predicted molar refractivity (Wildman–Crippen MR) is 91.8 cm³/mol. The van der Waals surface area contributed by atoms with Crippen molar-refractivity contribution in [2.75, 3.05) is 43.9 Å². The molecule has 1 saturated heterocycles. The number of carbonyl (C=O) groups excluding carboxylic acids is 2. The maximum Gasteiger partial charge on any atom is 0.266 e. The number of nitrogens with two attached hydrogens (primary N) is 1. The van der Waals surface area contributed by atoms with Crippen LogP contribution in [0.15, 0.2) is 36.0 Å². The number of nitriles is 1. The Morgan fingerprint density at radius 3 is 2.50 bits per heavy atom. The van der Waals surface area contributed by atoms with E-state index in [2.05, 4.69) is 4.90 Å². The summed E-state index contributed by atoms with van der Waals surface area (Å²) in [6.45, 7) is 4.01. The van der Waals surface area contributed by atoms with Crippen LogP contribution in [0.3, 0.4) is 0 Å². The van der Waals surface area contributed by atoms with Crippen molar-refractivity contribution in [3.63, 3.8) is 0 Å². The van der Waals surface area contributed by atoms with Gasteiger partial charge in [-0.15, -0.1) is 0 Å². The first-order valence-electron chi connectivity index (χ1n) is 7.67. The Hall–Kier alpha value is -2.85. The van der Waals surface area contributed by atoms with E-state index in [9.17, 15) is 14.9 Å². The van der Waals surface area contributed by atoms with E-state index < -0.39 is 0 Å². The molecule has 2 N–H and O–H groups in total. The Morgan fingerprint density at radius 1 is 1.29 bits per heavy atom. The zero-order valence-electron chi connectivity index (χ0n) is 13.9. The van der Waals surface area contributed by atoms with Crippen LogP contribution in [-0.2, 0) is 9.59 Å². The van der Waals surface area contributed by atoms with Crippen LogP contribution < -0.4 is 10.6 Å². The second-order valence-electron chi connectivity index (χ2n) is 5.73. The first-order chi connectivity index (χ1) is 11.4. The van der Waals surface area contributed by atoms with E-state index in [-0.39, 0.29) is 17.4 Å². The molecule has 0 spiro atoms. The average molecular weight is 327 g/mol. The molecule has 2 amide bonds. The van der Waals surface area contributed by atoms with E-state index >= 15 is 0 Å². The fourth-order valence-electron chi connectivity index (χ4n) is 2.46. The topological polar surface area (TPSA) is 93.7 Å². The van der Waals surface area contributed by atoms with Crippen molar-refractivity contribution < 1.29 is 9.59 Å². The molecular formula is C17H21N5O2. The van der Waals surface area contributed by atoms with Gasteiger partial charge in [-0.2, -0.15) is 5.26 Å². The first-order valence-corrected chi connectivity index (χ1v) is 7.67. The molecule has 1 aliphatic rings. The third-order valence-corrected chi connectivity index (χ3v) is 3.89. The molecule has 0 radical (unpaired) electrons. The van der Waals surface area contributed by atoms with Crippen molar-refractivity contribution in [1.29, 1.82) is 5.26 Å². The molecule has 1 fully saturated rings. The van der Waals surface area contributed by atoms with E-state index in [0.29, 0.717) is 24.5 Å². The highest BCUT2D eigenvalue weighted by atomic mass is 16.2. The largest absolute Gasteiger partial charge is 0.399 e. The summed E-state index contributed by atoms with van der Waals surface area (Å²) in [6, 6.07) is 8.64. The van der Waals surface area contributed by atoms with Crippen LogP contribution >= 0.6 is 0 Å². The number of benzene rings is 1. The highest BCUT2D eigenvalue weighted by Crippen LogP contribution is 2.19. The minimum Gasteiger partial charge on any atom is -0.399 e. The molecule has 24 heavy (non-hydrogen) atoms. The Morgan fingerprint density at radius 2 is 1.96 bits per heavy atom. The van der Waals surface area contributed by atoms with Crippen LogP contribution in [-0.4, -0.2) is 54.8 Å². The summed E-state index contributed by atoms with van der Waals surface area (Å²) >= 11 is 0. The van der Waals surface area contributed by atoms with Crippen LogP contribution in [0.2, 0.25) is 0 Å². The van der Waals surface area contributed by atoms with Gasteiger partial charge in [0, 0.05) is 45.0 Å². The van der Waals surface area contributed by atoms with Crippen LogP contribution in [0, 0.1) is 11.3 Å². The summed E-state index contributed by atoms with van der Waals surface area (Å²) in [5.74, 6) is -0.666. The summed E-state index contributed by atoms with van der Waals surface area (Å²) in [4.78, 5) is 29.5. The molecule has 0 saturated carbocycles. The van der Waals surface area contributed by atoms with Crippen molar-refractivity contribution in [3.8, 4) is 6.07 Å². The molecule has 2 rings (SSSR count). The smallest absolute Gasteiger partial charge is 0.266 e. The molecule has 0 atom stereocenters. The van der Waals surface area contributed by atoms with Gasteiger partial charge in [0.05, 0.1) is 5.69 Å². The number of likely N-dealkylation sites (N-methyl/N-ethyl adjacent to an activating group) is 1. The Balaban J connectivity index is 2.27. The maximum absolute atomic E-state index is 12.5. The second-order valence-corrected chi connectivity index (χ2v) is 5.73. The zero-order chi connectivity index (χ0) is 17.7. The van der Waals surface area contributed by atoms with E-state index in [1.54, 1.807) is 29.2 Å². The van der Waals surface area contributed by atoms with E-state index in [1.807, 2.05) is 13.1 Å². The van der Waals surface area contributed by atoms with Crippen molar-refractivity contribution >= 4 is 23.2 Å². The molecule has 0 aromatic heterocycles. The number of nitrogens with zero attached hydrogens (tertiary/aromatic N) is 4. The van der Waals surface area contributed by atoms with Crippen molar-refractivity contribution in [1.82, 2.24) is 9.80 Å². The van der Waals surface area contributed by atoms with Crippen LogP contribution in [0.5, 0.6) is 0 Å². The third-order valence-electron chi connectivity index (χ3n) is 3.89. The van der Waals surface area contributed by atoms with Gasteiger partial charge in [-0.25, -0.2) is 0 Å². The standard InChI is InChI=1S/C17H21N5O2/c1-13(23)22(16-5-3-4-15(19)10-16)12-14(11-18)17(24)21-8-6-20(2)7-9-21/h3-5,10,12H,6-9,19H2,1-2H3/b14-12-. The number of nitrogen functional groups attached to an aromatic ring is 1. The monoisotopic (exact) mass is 327 g/mol. The molecule has 1 heterocycles. The van der Waals surface area contributed by atoms with Crippen LogP contribution in [0.25, 0.3) is 0 Å². The van der Waals surface area contributed by atoms with Crippen LogP contribution in [0.1, 0.15) is 6.92 Å². The minimum atomic E-state index is -0.360. The maximum atomic E-state index is 12.5. The minimum absolute atomic E-state index is 0.0721. The number of rotatable bonds is 3. The lowest BCUT2D eigenvalue weighted by atomic mass is 10.2. The SMILES string of the molecule is CC(=O)N(/C=C(/C#N)C(=O)N1CCN(C)CC1)c1cccc(N)c1. The molecule has 1 aromatic rings. The van der Waals surface area contributed by atoms with Crippen LogP contribution in [0.4, 0.5) is 11.4 Å². The van der Waals surface area contributed by atoms with Crippen molar-refractivity contribution in [3.05, 3.63) is 36.0 Å².